The van der Waals surface area contributed by atoms with Crippen LogP contribution in [0.2, 0.25) is 0 Å². The SMILES string of the molecule is COc1cc(C(=O)O)c(NN)cc1NS(=O)(=O)c1csc(-c2ccc(C3CCC(C)(C)CC3)cc2C(F)(F)F)n1. The molecule has 216 valence electrons. The molecule has 0 amide bonds. The average molecular weight is 599 g/mol. The van der Waals surface area contributed by atoms with Crippen LogP contribution in [0.5, 0.6) is 5.75 Å². The molecule has 2 aromatic carbocycles. The highest BCUT2D eigenvalue weighted by Gasteiger charge is 2.36. The van der Waals surface area contributed by atoms with Gasteiger partial charge in [-0.3, -0.25) is 10.6 Å². The normalized spacial score (nSPS) is 16.0. The van der Waals surface area contributed by atoms with E-state index in [0.29, 0.717) is 5.56 Å². The van der Waals surface area contributed by atoms with Gasteiger partial charge in [-0.2, -0.15) is 21.6 Å². The summed E-state index contributed by atoms with van der Waals surface area (Å²) in [6.45, 7) is 4.32. The van der Waals surface area contributed by atoms with E-state index in [1.54, 1.807) is 6.07 Å². The number of anilines is 2. The Morgan fingerprint density at radius 1 is 1.18 bits per heavy atom. The van der Waals surface area contributed by atoms with E-state index >= 15 is 0 Å². The Bertz CT molecular complexity index is 1530. The Kier molecular flexibility index (Phi) is 8.07. The molecular weight excluding hydrogens is 569 g/mol. The molecule has 14 heteroatoms. The highest BCUT2D eigenvalue weighted by Crippen LogP contribution is 2.45. The molecule has 0 unspecified atom stereocenters. The van der Waals surface area contributed by atoms with Crippen molar-refractivity contribution in [2.45, 2.75) is 56.7 Å². The number of thiazole rings is 1. The summed E-state index contributed by atoms with van der Waals surface area (Å²) in [5, 5.41) is 9.86. The number of aromatic carboxylic acids is 1. The fourth-order valence-corrected chi connectivity index (χ4v) is 6.99. The summed E-state index contributed by atoms with van der Waals surface area (Å²) in [4.78, 5) is 15.5. The van der Waals surface area contributed by atoms with Gasteiger partial charge in [0.05, 0.1) is 29.6 Å². The van der Waals surface area contributed by atoms with Gasteiger partial charge in [-0.15, -0.1) is 11.3 Å². The molecule has 0 aliphatic heterocycles. The van der Waals surface area contributed by atoms with Crippen molar-refractivity contribution in [1.82, 2.24) is 4.98 Å². The predicted octanol–water partition coefficient (Wildman–Crippen LogP) is 6.31. The number of aromatic nitrogens is 1. The van der Waals surface area contributed by atoms with Gasteiger partial charge in [-0.05, 0) is 60.8 Å². The molecule has 0 spiro atoms. The summed E-state index contributed by atoms with van der Waals surface area (Å²) < 4.78 is 76.0. The standard InChI is InChI=1S/C26H29F3N4O5S2/c1-25(2)8-6-14(7-9-25)15-4-5-16(18(10-15)26(27,28)29)23-31-22(13-39-23)40(36,37)33-20-12-19(32-30)17(24(34)35)11-21(20)38-3/h4-5,10-14,32-33H,6-9,30H2,1-3H3,(H,34,35). The van der Waals surface area contributed by atoms with Crippen molar-refractivity contribution in [2.75, 3.05) is 17.3 Å². The predicted molar refractivity (Wildman–Crippen MR) is 146 cm³/mol. The number of rotatable bonds is 8. The number of carboxylic acids is 1. The summed E-state index contributed by atoms with van der Waals surface area (Å²) in [6.07, 6.45) is -1.23. The zero-order valence-corrected chi connectivity index (χ0v) is 23.6. The molecule has 1 aliphatic rings. The zero-order chi connectivity index (χ0) is 29.5. The van der Waals surface area contributed by atoms with E-state index in [1.807, 2.05) is 0 Å². The maximum Gasteiger partial charge on any atom is 0.417 e. The molecular formula is C26H29F3N4O5S2. The molecule has 5 N–H and O–H groups in total. The smallest absolute Gasteiger partial charge is 0.417 e. The van der Waals surface area contributed by atoms with Crippen molar-refractivity contribution in [3.8, 4) is 16.3 Å². The monoisotopic (exact) mass is 598 g/mol. The summed E-state index contributed by atoms with van der Waals surface area (Å²) in [5.41, 5.74) is 1.37. The van der Waals surface area contributed by atoms with Crippen LogP contribution >= 0.6 is 11.3 Å². The molecule has 0 bridgehead atoms. The number of halogens is 3. The summed E-state index contributed by atoms with van der Waals surface area (Å²) in [5.74, 6) is 3.96. The molecule has 0 radical (unpaired) electrons. The fourth-order valence-electron chi connectivity index (χ4n) is 4.80. The minimum Gasteiger partial charge on any atom is -0.495 e. The van der Waals surface area contributed by atoms with E-state index in [9.17, 15) is 31.5 Å². The first-order valence-corrected chi connectivity index (χ1v) is 14.6. The number of nitrogens with zero attached hydrogens (tertiary/aromatic N) is 1. The lowest BCUT2D eigenvalue weighted by Gasteiger charge is -2.34. The van der Waals surface area contributed by atoms with Crippen LogP contribution in [-0.4, -0.2) is 31.6 Å². The van der Waals surface area contributed by atoms with Gasteiger partial charge in [0.2, 0.25) is 0 Å². The number of hydrazine groups is 1. The molecule has 3 aromatic rings. The van der Waals surface area contributed by atoms with Crippen molar-refractivity contribution in [3.05, 3.63) is 52.4 Å². The van der Waals surface area contributed by atoms with Gasteiger partial charge in [-0.1, -0.05) is 26.0 Å². The van der Waals surface area contributed by atoms with Gasteiger partial charge in [0.15, 0.2) is 5.03 Å². The number of carbonyl (C=O) groups is 1. The Morgan fingerprint density at radius 3 is 2.42 bits per heavy atom. The van der Waals surface area contributed by atoms with Crippen molar-refractivity contribution in [1.29, 1.82) is 0 Å². The van der Waals surface area contributed by atoms with E-state index in [4.69, 9.17) is 10.6 Å². The maximum absolute atomic E-state index is 14.2. The quantitative estimate of drug-likeness (QED) is 0.175. The van der Waals surface area contributed by atoms with Crippen molar-refractivity contribution in [3.63, 3.8) is 0 Å². The van der Waals surface area contributed by atoms with Crippen LogP contribution in [-0.2, 0) is 16.2 Å². The second-order valence-corrected chi connectivity index (χ2v) is 12.9. The molecule has 40 heavy (non-hydrogen) atoms. The zero-order valence-electron chi connectivity index (χ0n) is 21.9. The number of methoxy groups -OCH3 is 1. The second kappa shape index (κ2) is 10.9. The third-order valence-electron chi connectivity index (χ3n) is 7.12. The minimum atomic E-state index is -4.67. The number of carboxylic acid groups (broad SMARTS) is 1. The lowest BCUT2D eigenvalue weighted by molar-refractivity contribution is -0.137. The van der Waals surface area contributed by atoms with Crippen LogP contribution in [0, 0.1) is 5.41 Å². The number of alkyl halides is 3. The third-order valence-corrected chi connectivity index (χ3v) is 9.39. The van der Waals surface area contributed by atoms with Crippen molar-refractivity contribution >= 4 is 38.7 Å². The number of nitrogen functional groups attached to an aromatic ring is 1. The Hall–Kier alpha value is -3.36. The second-order valence-electron chi connectivity index (χ2n) is 10.4. The first-order chi connectivity index (χ1) is 18.6. The van der Waals surface area contributed by atoms with Crippen LogP contribution in [0.4, 0.5) is 24.5 Å². The highest BCUT2D eigenvalue weighted by atomic mass is 32.2. The van der Waals surface area contributed by atoms with E-state index in [-0.39, 0.29) is 44.6 Å². The number of nitrogens with two attached hydrogens (primary N) is 1. The molecule has 1 aliphatic carbocycles. The van der Waals surface area contributed by atoms with E-state index < -0.39 is 32.8 Å². The minimum absolute atomic E-state index is 0.0232. The first-order valence-electron chi connectivity index (χ1n) is 12.3. The summed E-state index contributed by atoms with van der Waals surface area (Å²) in [6, 6.07) is 6.37. The van der Waals surface area contributed by atoms with Gasteiger partial charge in [-0.25, -0.2) is 9.78 Å². The number of benzene rings is 2. The average Bonchev–Trinajstić information content (AvgIpc) is 3.38. The van der Waals surface area contributed by atoms with Gasteiger partial charge < -0.3 is 15.3 Å². The van der Waals surface area contributed by atoms with Gasteiger partial charge in [0, 0.05) is 10.9 Å². The summed E-state index contributed by atoms with van der Waals surface area (Å²) in [7, 11) is -3.19. The first kappa shape index (κ1) is 29.6. The molecule has 0 saturated heterocycles. The summed E-state index contributed by atoms with van der Waals surface area (Å²) >= 11 is 0.764. The molecule has 4 rings (SSSR count). The molecule has 0 atom stereocenters. The Labute approximate surface area is 233 Å². The molecule has 1 aromatic heterocycles. The third kappa shape index (κ3) is 6.18. The van der Waals surface area contributed by atoms with Crippen LogP contribution in [0.15, 0.2) is 40.7 Å². The van der Waals surface area contributed by atoms with Crippen molar-refractivity contribution in [2.24, 2.45) is 11.3 Å². The topological polar surface area (TPSA) is 144 Å². The lowest BCUT2D eigenvalue weighted by atomic mass is 9.71. The fraction of sp³-hybridized carbons (Fsp3) is 0.385. The van der Waals surface area contributed by atoms with Gasteiger partial charge >= 0.3 is 12.1 Å². The Balaban J connectivity index is 1.66. The van der Waals surface area contributed by atoms with Crippen LogP contribution in [0.3, 0.4) is 0 Å². The molecule has 9 nitrogen and oxygen atoms in total. The van der Waals surface area contributed by atoms with Gasteiger partial charge in [0.1, 0.15) is 10.8 Å². The van der Waals surface area contributed by atoms with E-state index in [2.05, 4.69) is 29.0 Å². The van der Waals surface area contributed by atoms with Crippen LogP contribution in [0.25, 0.3) is 10.6 Å². The number of sulfonamides is 1. The lowest BCUT2D eigenvalue weighted by Crippen LogP contribution is -2.20. The van der Waals surface area contributed by atoms with E-state index in [1.165, 1.54) is 13.2 Å². The largest absolute Gasteiger partial charge is 0.495 e. The van der Waals surface area contributed by atoms with Crippen LogP contribution in [0.1, 0.15) is 66.9 Å². The van der Waals surface area contributed by atoms with Gasteiger partial charge in [0.25, 0.3) is 10.0 Å². The number of ether oxygens (including phenoxy) is 1. The molecule has 1 fully saturated rings. The number of hydrogen-bond acceptors (Lipinski definition) is 8. The number of hydrogen-bond donors (Lipinski definition) is 4. The molecule has 1 saturated carbocycles. The molecule has 1 heterocycles. The highest BCUT2D eigenvalue weighted by molar-refractivity contribution is 7.92. The Morgan fingerprint density at radius 2 is 1.85 bits per heavy atom. The van der Waals surface area contributed by atoms with Crippen molar-refractivity contribution < 1.29 is 36.2 Å². The van der Waals surface area contributed by atoms with E-state index in [0.717, 1.165) is 60.6 Å². The number of nitrogens with one attached hydrogen (secondary N) is 2. The maximum atomic E-state index is 14.2. The van der Waals surface area contributed by atoms with Crippen LogP contribution < -0.4 is 20.7 Å².